The molecule has 16 heteroatoms. The molecule has 2 aromatic heterocycles. The number of alkyl halides is 2. The molecular formula is C13H14Cl5N7O4. The van der Waals surface area contributed by atoms with Crippen molar-refractivity contribution < 1.29 is 9.85 Å². The first-order valence-electron chi connectivity index (χ1n) is 7.48. The summed E-state index contributed by atoms with van der Waals surface area (Å²) in [5.74, 6) is 0.999. The van der Waals surface area contributed by atoms with Crippen LogP contribution < -0.4 is 5.73 Å². The van der Waals surface area contributed by atoms with Crippen LogP contribution in [0.3, 0.4) is 0 Å². The van der Waals surface area contributed by atoms with Crippen molar-refractivity contribution in [3.8, 4) is 0 Å². The Morgan fingerprint density at radius 1 is 0.897 bits per heavy atom. The molecule has 0 aliphatic rings. The van der Waals surface area contributed by atoms with Gasteiger partial charge in [-0.3, -0.25) is 20.2 Å². The highest BCUT2D eigenvalue weighted by molar-refractivity contribution is 6.33. The van der Waals surface area contributed by atoms with Gasteiger partial charge in [-0.05, 0) is 36.0 Å². The molecule has 0 saturated heterocycles. The van der Waals surface area contributed by atoms with Crippen molar-refractivity contribution in [2.24, 2.45) is 5.73 Å². The SMILES string of the molecule is NCCCl.O=[N+]([O-])c1cnc(Cl)nc1CCCCl.O=[N+]([O-])c1cnc(Cl)nc1Cl. The summed E-state index contributed by atoms with van der Waals surface area (Å²) in [6.45, 7) is 0.585. The Kier molecular flexibility index (Phi) is 14.4. The second kappa shape index (κ2) is 15.2. The molecule has 0 amide bonds. The van der Waals surface area contributed by atoms with Gasteiger partial charge in [0.25, 0.3) is 0 Å². The largest absolute Gasteiger partial charge is 0.329 e. The van der Waals surface area contributed by atoms with E-state index in [0.717, 1.165) is 12.4 Å². The lowest BCUT2D eigenvalue weighted by Crippen LogP contribution is -2.01. The predicted octanol–water partition coefficient (Wildman–Crippen LogP) is 4.09. The van der Waals surface area contributed by atoms with Gasteiger partial charge in [-0.2, -0.15) is 4.98 Å². The number of halogens is 5. The summed E-state index contributed by atoms with van der Waals surface area (Å²) in [6, 6.07) is 0. The number of hydrogen-bond acceptors (Lipinski definition) is 9. The van der Waals surface area contributed by atoms with Gasteiger partial charge in [0.05, 0.1) is 9.85 Å². The zero-order valence-corrected chi connectivity index (χ0v) is 18.3. The smallest absolute Gasteiger partial charge is 0.324 e. The first-order chi connectivity index (χ1) is 13.7. The van der Waals surface area contributed by atoms with Crippen molar-refractivity contribution >= 4 is 69.4 Å². The lowest BCUT2D eigenvalue weighted by Gasteiger charge is -1.99. The Hall–Kier alpha value is -1.63. The van der Waals surface area contributed by atoms with Gasteiger partial charge in [-0.1, -0.05) is 11.6 Å². The minimum absolute atomic E-state index is 0.0140. The Bertz CT molecular complexity index is 813. The summed E-state index contributed by atoms with van der Waals surface area (Å²) in [4.78, 5) is 33.6. The van der Waals surface area contributed by atoms with Crippen LogP contribution in [0, 0.1) is 20.2 Å². The molecule has 2 aromatic rings. The number of aryl methyl sites for hydroxylation is 1. The Morgan fingerprint density at radius 2 is 1.38 bits per heavy atom. The summed E-state index contributed by atoms with van der Waals surface area (Å²) in [5.41, 5.74) is 4.76. The maximum absolute atomic E-state index is 10.5. The highest BCUT2D eigenvalue weighted by Crippen LogP contribution is 2.21. The van der Waals surface area contributed by atoms with Crippen molar-refractivity contribution in [1.29, 1.82) is 0 Å². The van der Waals surface area contributed by atoms with Gasteiger partial charge in [0, 0.05) is 18.3 Å². The predicted molar refractivity (Wildman–Crippen MR) is 111 cm³/mol. The van der Waals surface area contributed by atoms with E-state index in [1.54, 1.807) is 0 Å². The quantitative estimate of drug-likeness (QED) is 0.198. The van der Waals surface area contributed by atoms with Gasteiger partial charge >= 0.3 is 11.4 Å². The number of nitro groups is 2. The molecule has 2 N–H and O–H groups in total. The second-order valence-corrected chi connectivity index (χ2v) is 6.36. The minimum Gasteiger partial charge on any atom is -0.329 e. The van der Waals surface area contributed by atoms with Gasteiger partial charge in [0.1, 0.15) is 18.1 Å². The zero-order chi connectivity index (χ0) is 22.4. The average Bonchev–Trinajstić information content (AvgIpc) is 2.66. The molecule has 2 heterocycles. The van der Waals surface area contributed by atoms with Crippen LogP contribution in [-0.4, -0.2) is 48.1 Å². The van der Waals surface area contributed by atoms with E-state index in [0.29, 0.717) is 36.8 Å². The molecule has 0 radical (unpaired) electrons. The van der Waals surface area contributed by atoms with E-state index in [9.17, 15) is 20.2 Å². The standard InChI is InChI=1S/C7H7Cl2N3O2.C4HCl2N3O2.C2H6ClN/c8-3-1-2-5-6(12(13)14)4-10-7(9)11-5;5-3-2(9(10)11)1-7-4(6)8-3;3-1-2-4/h4H,1-3H2;1H;1-2,4H2. The third-order valence-corrected chi connectivity index (χ3v) is 3.69. The Labute approximate surface area is 189 Å². The van der Waals surface area contributed by atoms with Crippen LogP contribution in [0.15, 0.2) is 12.4 Å². The number of hydrogen-bond donors (Lipinski definition) is 1. The topological polar surface area (TPSA) is 164 Å². The first-order valence-corrected chi connectivity index (χ1v) is 9.68. The molecule has 0 atom stereocenters. The van der Waals surface area contributed by atoms with Crippen LogP contribution in [0.4, 0.5) is 11.4 Å². The Morgan fingerprint density at radius 3 is 1.79 bits per heavy atom. The van der Waals surface area contributed by atoms with E-state index in [1.165, 1.54) is 0 Å². The summed E-state index contributed by atoms with van der Waals surface area (Å²) in [7, 11) is 0. The third kappa shape index (κ3) is 11.2. The zero-order valence-electron chi connectivity index (χ0n) is 14.5. The number of nitrogens with zero attached hydrogens (tertiary/aromatic N) is 6. The lowest BCUT2D eigenvalue weighted by atomic mass is 10.2. The molecule has 0 saturated carbocycles. The van der Waals surface area contributed by atoms with Crippen LogP contribution in [0.2, 0.25) is 15.7 Å². The van der Waals surface area contributed by atoms with E-state index >= 15 is 0 Å². The second-order valence-electron chi connectivity index (χ2n) is 4.57. The molecule has 0 aliphatic carbocycles. The van der Waals surface area contributed by atoms with Crippen LogP contribution in [0.25, 0.3) is 0 Å². The van der Waals surface area contributed by atoms with E-state index < -0.39 is 9.85 Å². The van der Waals surface area contributed by atoms with Gasteiger partial charge in [0.2, 0.25) is 15.7 Å². The Balaban J connectivity index is 0.000000466. The molecule has 11 nitrogen and oxygen atoms in total. The fourth-order valence-electron chi connectivity index (χ4n) is 1.41. The highest BCUT2D eigenvalue weighted by Gasteiger charge is 2.16. The first kappa shape index (κ1) is 27.4. The van der Waals surface area contributed by atoms with Crippen LogP contribution >= 0.6 is 58.0 Å². The number of aromatic nitrogens is 4. The van der Waals surface area contributed by atoms with Crippen molar-refractivity contribution in [3.63, 3.8) is 0 Å². The molecule has 2 rings (SSSR count). The molecule has 0 aliphatic heterocycles. The van der Waals surface area contributed by atoms with Crippen molar-refractivity contribution in [3.05, 3.63) is 54.0 Å². The molecular weight excluding hydrogens is 495 g/mol. The van der Waals surface area contributed by atoms with E-state index in [1.807, 2.05) is 0 Å². The molecule has 0 fully saturated rings. The molecule has 0 aromatic carbocycles. The van der Waals surface area contributed by atoms with Crippen LogP contribution in [0.1, 0.15) is 12.1 Å². The highest BCUT2D eigenvalue weighted by atomic mass is 35.5. The molecule has 0 spiro atoms. The van der Waals surface area contributed by atoms with Gasteiger partial charge in [-0.15, -0.1) is 23.2 Å². The van der Waals surface area contributed by atoms with Gasteiger partial charge in [0.15, 0.2) is 0 Å². The van der Waals surface area contributed by atoms with Crippen LogP contribution in [-0.2, 0) is 6.42 Å². The molecule has 0 unspecified atom stereocenters. The minimum atomic E-state index is -0.682. The van der Waals surface area contributed by atoms with Gasteiger partial charge in [-0.25, -0.2) is 15.0 Å². The number of rotatable bonds is 6. The average molecular weight is 510 g/mol. The van der Waals surface area contributed by atoms with Crippen molar-refractivity contribution in [2.75, 3.05) is 18.3 Å². The van der Waals surface area contributed by atoms with Crippen molar-refractivity contribution in [1.82, 2.24) is 19.9 Å². The fraction of sp³-hybridized carbons (Fsp3) is 0.385. The van der Waals surface area contributed by atoms with Gasteiger partial charge < -0.3 is 5.73 Å². The monoisotopic (exact) mass is 507 g/mol. The number of nitrogens with two attached hydrogens (primary N) is 1. The van der Waals surface area contributed by atoms with Crippen molar-refractivity contribution in [2.45, 2.75) is 12.8 Å². The van der Waals surface area contributed by atoms with E-state index in [2.05, 4.69) is 19.9 Å². The molecule has 29 heavy (non-hydrogen) atoms. The third-order valence-electron chi connectivity index (χ3n) is 2.56. The normalized spacial score (nSPS) is 9.59. The lowest BCUT2D eigenvalue weighted by molar-refractivity contribution is -0.386. The molecule has 160 valence electrons. The van der Waals surface area contributed by atoms with E-state index in [-0.39, 0.29) is 27.1 Å². The maximum atomic E-state index is 10.5. The molecule has 0 bridgehead atoms. The maximum Gasteiger partial charge on any atom is 0.324 e. The summed E-state index contributed by atoms with van der Waals surface area (Å²) in [5, 5.41) is 20.3. The fourth-order valence-corrected chi connectivity index (χ4v) is 2.07. The van der Waals surface area contributed by atoms with E-state index in [4.69, 9.17) is 63.7 Å². The van der Waals surface area contributed by atoms with Crippen LogP contribution in [0.5, 0.6) is 0 Å². The summed E-state index contributed by atoms with van der Waals surface area (Å²) < 4.78 is 0. The summed E-state index contributed by atoms with van der Waals surface area (Å²) >= 11 is 26.7. The summed E-state index contributed by atoms with van der Waals surface area (Å²) in [6.07, 6.45) is 3.12.